The molecule has 1 aromatic heterocycles. The molecule has 0 saturated heterocycles. The van der Waals surface area contributed by atoms with E-state index in [2.05, 4.69) is 35.1 Å². The molecule has 0 fully saturated rings. The van der Waals surface area contributed by atoms with Gasteiger partial charge >= 0.3 is 0 Å². The lowest BCUT2D eigenvalue weighted by Crippen LogP contribution is -2.34. The number of nitrogens with zero attached hydrogens (tertiary/aromatic N) is 1. The minimum absolute atomic E-state index is 0.0111. The summed E-state index contributed by atoms with van der Waals surface area (Å²) in [5, 5.41) is 2.85. The third kappa shape index (κ3) is 4.87. The molecule has 6 nitrogen and oxygen atoms in total. The van der Waals surface area contributed by atoms with Crippen LogP contribution in [0.5, 0.6) is 0 Å². The van der Waals surface area contributed by atoms with E-state index in [0.717, 1.165) is 30.8 Å². The topological polar surface area (TPSA) is 82.3 Å². The number of rotatable bonds is 7. The Morgan fingerprint density at radius 1 is 1.10 bits per heavy atom. The Hall–Kier alpha value is -2.73. The van der Waals surface area contributed by atoms with Gasteiger partial charge in [-0.15, -0.1) is 0 Å². The summed E-state index contributed by atoms with van der Waals surface area (Å²) in [5.74, 6) is -0.495. The van der Waals surface area contributed by atoms with E-state index in [1.807, 2.05) is 32.0 Å². The Morgan fingerprint density at radius 2 is 1.77 bits per heavy atom. The van der Waals surface area contributed by atoms with Crippen LogP contribution in [0, 0.1) is 5.41 Å². The molecular formula is C24H31N3O3. The van der Waals surface area contributed by atoms with Gasteiger partial charge in [0.05, 0.1) is 0 Å². The van der Waals surface area contributed by atoms with Crippen molar-refractivity contribution in [2.24, 2.45) is 5.41 Å². The Balaban J connectivity index is 1.78. The molecule has 2 aromatic rings. The first-order valence-electron chi connectivity index (χ1n) is 10.6. The summed E-state index contributed by atoms with van der Waals surface area (Å²) in [6.45, 7) is 11.3. The summed E-state index contributed by atoms with van der Waals surface area (Å²) in [4.78, 5) is 42.9. The van der Waals surface area contributed by atoms with Gasteiger partial charge in [0, 0.05) is 30.8 Å². The smallest absolute Gasteiger partial charge is 0.261 e. The number of hydrogen-bond acceptors (Lipinski definition) is 4. The van der Waals surface area contributed by atoms with Crippen LogP contribution in [0.1, 0.15) is 71.7 Å². The number of H-pyrrole nitrogens is 1. The number of amides is 1. The van der Waals surface area contributed by atoms with E-state index in [1.54, 1.807) is 0 Å². The predicted octanol–water partition coefficient (Wildman–Crippen LogP) is 3.30. The van der Waals surface area contributed by atoms with E-state index < -0.39 is 11.5 Å². The van der Waals surface area contributed by atoms with Gasteiger partial charge in [0.2, 0.25) is 0 Å². The number of aromatic nitrogens is 1. The summed E-state index contributed by atoms with van der Waals surface area (Å²) in [6.07, 6.45) is 1.02. The van der Waals surface area contributed by atoms with Gasteiger partial charge in [0.15, 0.2) is 5.78 Å². The van der Waals surface area contributed by atoms with Crippen molar-refractivity contribution in [2.45, 2.75) is 53.6 Å². The van der Waals surface area contributed by atoms with Crippen molar-refractivity contribution >= 4 is 11.7 Å². The maximum absolute atomic E-state index is 12.8. The van der Waals surface area contributed by atoms with Crippen LogP contribution in [-0.2, 0) is 19.5 Å². The third-order valence-electron chi connectivity index (χ3n) is 5.81. The molecule has 1 aliphatic carbocycles. The molecular weight excluding hydrogens is 378 g/mol. The van der Waals surface area contributed by atoms with E-state index in [0.29, 0.717) is 30.6 Å². The normalized spacial score (nSPS) is 15.2. The molecule has 0 spiro atoms. The van der Waals surface area contributed by atoms with E-state index in [4.69, 9.17) is 0 Å². The average molecular weight is 410 g/mol. The molecule has 1 amide bonds. The number of carbonyl (C=O) groups is 2. The lowest BCUT2D eigenvalue weighted by molar-refractivity contribution is 0.0910. The van der Waals surface area contributed by atoms with Crippen LogP contribution in [0.3, 0.4) is 0 Å². The minimum Gasteiger partial charge on any atom is -0.348 e. The van der Waals surface area contributed by atoms with Crippen molar-refractivity contribution in [1.29, 1.82) is 0 Å². The Morgan fingerprint density at radius 3 is 2.43 bits per heavy atom. The Labute approximate surface area is 177 Å². The lowest BCUT2D eigenvalue weighted by Gasteiger charge is -2.29. The SMILES string of the molecule is CCN(CC)Cc1ccccc1CNC(=O)c1cc2c([nH]c1=O)CC(C)(C)CC2=O. The number of Topliss-reactive ketones (excluding diaryl/α,β-unsaturated/α-hetero) is 1. The van der Waals surface area contributed by atoms with Gasteiger partial charge in [-0.3, -0.25) is 19.3 Å². The monoisotopic (exact) mass is 409 g/mol. The molecule has 3 rings (SSSR count). The number of aromatic amines is 1. The van der Waals surface area contributed by atoms with Crippen LogP contribution in [0.2, 0.25) is 0 Å². The number of carbonyl (C=O) groups excluding carboxylic acids is 2. The second kappa shape index (κ2) is 8.96. The van der Waals surface area contributed by atoms with Crippen LogP contribution in [-0.4, -0.2) is 34.7 Å². The van der Waals surface area contributed by atoms with Gasteiger partial charge in [-0.25, -0.2) is 0 Å². The summed E-state index contributed by atoms with van der Waals surface area (Å²) in [5.41, 5.74) is 2.61. The highest BCUT2D eigenvalue weighted by atomic mass is 16.2. The summed E-state index contributed by atoms with van der Waals surface area (Å²) >= 11 is 0. The molecule has 160 valence electrons. The third-order valence-corrected chi connectivity index (χ3v) is 5.81. The molecule has 1 heterocycles. The van der Waals surface area contributed by atoms with Crippen LogP contribution >= 0.6 is 0 Å². The van der Waals surface area contributed by atoms with Crippen molar-refractivity contribution < 1.29 is 9.59 Å². The molecule has 0 saturated carbocycles. The van der Waals surface area contributed by atoms with E-state index in [9.17, 15) is 14.4 Å². The zero-order valence-corrected chi connectivity index (χ0v) is 18.3. The van der Waals surface area contributed by atoms with Crippen LogP contribution in [0.25, 0.3) is 0 Å². The Kier molecular flexibility index (Phi) is 6.56. The summed E-state index contributed by atoms with van der Waals surface area (Å²) in [6, 6.07) is 9.45. The molecule has 30 heavy (non-hydrogen) atoms. The van der Waals surface area contributed by atoms with Gasteiger partial charge in [-0.05, 0) is 42.1 Å². The molecule has 0 radical (unpaired) electrons. The zero-order chi connectivity index (χ0) is 21.9. The minimum atomic E-state index is -0.464. The van der Waals surface area contributed by atoms with Gasteiger partial charge < -0.3 is 10.3 Å². The largest absolute Gasteiger partial charge is 0.348 e. The number of pyridine rings is 1. The lowest BCUT2D eigenvalue weighted by atomic mass is 9.75. The van der Waals surface area contributed by atoms with E-state index >= 15 is 0 Å². The van der Waals surface area contributed by atoms with Gasteiger partial charge in [0.1, 0.15) is 5.56 Å². The number of nitrogens with one attached hydrogen (secondary N) is 2. The first kappa shape index (κ1) is 22.0. The quantitative estimate of drug-likeness (QED) is 0.735. The van der Waals surface area contributed by atoms with Gasteiger partial charge in [-0.2, -0.15) is 0 Å². The van der Waals surface area contributed by atoms with Gasteiger partial charge in [-0.1, -0.05) is 52.0 Å². The molecule has 0 atom stereocenters. The van der Waals surface area contributed by atoms with Crippen LogP contribution in [0.4, 0.5) is 0 Å². The highest BCUT2D eigenvalue weighted by Crippen LogP contribution is 2.33. The second-order valence-electron chi connectivity index (χ2n) is 8.76. The Bertz CT molecular complexity index is 1000. The molecule has 2 N–H and O–H groups in total. The van der Waals surface area contributed by atoms with Crippen LogP contribution < -0.4 is 10.9 Å². The molecule has 6 heteroatoms. The van der Waals surface area contributed by atoms with Crippen molar-refractivity contribution in [3.05, 3.63) is 68.6 Å². The highest BCUT2D eigenvalue weighted by molar-refractivity contribution is 6.02. The zero-order valence-electron chi connectivity index (χ0n) is 18.3. The first-order chi connectivity index (χ1) is 14.2. The molecule has 1 aliphatic rings. The number of fused-ring (bicyclic) bond motifs is 1. The first-order valence-corrected chi connectivity index (χ1v) is 10.6. The van der Waals surface area contributed by atoms with Crippen molar-refractivity contribution in [3.63, 3.8) is 0 Å². The molecule has 0 aliphatic heterocycles. The average Bonchev–Trinajstić information content (AvgIpc) is 2.69. The molecule has 0 bridgehead atoms. The van der Waals surface area contributed by atoms with Crippen LogP contribution in [0.15, 0.2) is 35.1 Å². The van der Waals surface area contributed by atoms with Crippen molar-refractivity contribution in [2.75, 3.05) is 13.1 Å². The predicted molar refractivity (Wildman–Crippen MR) is 118 cm³/mol. The van der Waals surface area contributed by atoms with Gasteiger partial charge in [0.25, 0.3) is 11.5 Å². The second-order valence-corrected chi connectivity index (χ2v) is 8.76. The van der Waals surface area contributed by atoms with E-state index in [-0.39, 0.29) is 16.8 Å². The fourth-order valence-electron chi connectivity index (χ4n) is 4.04. The number of hydrogen-bond donors (Lipinski definition) is 2. The fraction of sp³-hybridized carbons (Fsp3) is 0.458. The number of benzene rings is 1. The van der Waals surface area contributed by atoms with Crippen molar-refractivity contribution in [3.8, 4) is 0 Å². The van der Waals surface area contributed by atoms with Crippen molar-refractivity contribution in [1.82, 2.24) is 15.2 Å². The standard InChI is InChI=1S/C24H31N3O3/c1-5-27(6-2)15-17-10-8-7-9-16(17)14-25-22(29)19-11-18-20(26-23(19)30)12-24(3,4)13-21(18)28/h7-11H,5-6,12-15H2,1-4H3,(H,25,29)(H,26,30). The highest BCUT2D eigenvalue weighted by Gasteiger charge is 2.32. The fourth-order valence-corrected chi connectivity index (χ4v) is 4.04. The summed E-state index contributed by atoms with van der Waals surface area (Å²) in [7, 11) is 0. The number of ketones is 1. The molecule has 0 unspecified atom stereocenters. The maximum Gasteiger partial charge on any atom is 0.261 e. The maximum atomic E-state index is 12.8. The van der Waals surface area contributed by atoms with E-state index in [1.165, 1.54) is 6.07 Å². The summed E-state index contributed by atoms with van der Waals surface area (Å²) < 4.78 is 0. The molecule has 1 aromatic carbocycles.